The molecule has 3 nitrogen and oxygen atoms in total. The van der Waals surface area contributed by atoms with Crippen LogP contribution in [0.1, 0.15) is 47.0 Å². The normalized spacial score (nSPS) is 25.1. The Morgan fingerprint density at radius 2 is 2.00 bits per heavy atom. The van der Waals surface area contributed by atoms with Crippen LogP contribution >= 0.6 is 0 Å². The average Bonchev–Trinajstić information content (AvgIpc) is 2.13. The molecule has 0 unspecified atom stereocenters. The van der Waals surface area contributed by atoms with Crippen LogP contribution in [0.4, 0.5) is 0 Å². The van der Waals surface area contributed by atoms with Crippen LogP contribution in [0.3, 0.4) is 0 Å². The Bertz CT molecular complexity index is 370. The molecule has 0 amide bonds. The fourth-order valence-electron chi connectivity index (χ4n) is 2.28. The summed E-state index contributed by atoms with van der Waals surface area (Å²) in [6.07, 6.45) is 6.98. The number of ketones is 1. The summed E-state index contributed by atoms with van der Waals surface area (Å²) in [4.78, 5) is 11.9. The van der Waals surface area contributed by atoms with Crippen molar-refractivity contribution in [3.63, 3.8) is 0 Å². The number of rotatable bonds is 4. The summed E-state index contributed by atoms with van der Waals surface area (Å²) >= 11 is 0. The third-order valence-electron chi connectivity index (χ3n) is 3.37. The van der Waals surface area contributed by atoms with Crippen molar-refractivity contribution in [1.29, 1.82) is 0 Å². The van der Waals surface area contributed by atoms with Gasteiger partial charge < -0.3 is 10.2 Å². The highest BCUT2D eigenvalue weighted by atomic mass is 16.3. The molecule has 0 bridgehead atoms. The maximum absolute atomic E-state index is 11.9. The molecule has 0 aromatic carbocycles. The minimum Gasteiger partial charge on any atom is -0.389 e. The standard InChI is InChI=1S/C15H24O3/c1-11-6-7-12(13(16)10-11)15(4,18)9-5-8-14(2,3)17/h5,8,10,12,17-18H,6-7,9H2,1-4H3/b8-5+/t12-,15+/m1/s1. The zero-order valence-electron chi connectivity index (χ0n) is 11.7. The van der Waals surface area contributed by atoms with Crippen LogP contribution in [0.15, 0.2) is 23.8 Å². The first-order valence-corrected chi connectivity index (χ1v) is 6.45. The summed E-state index contributed by atoms with van der Waals surface area (Å²) in [5.74, 6) is -0.326. The van der Waals surface area contributed by atoms with Crippen LogP contribution in [0, 0.1) is 5.92 Å². The largest absolute Gasteiger partial charge is 0.389 e. The number of hydrogen-bond donors (Lipinski definition) is 2. The van der Waals surface area contributed by atoms with Crippen molar-refractivity contribution in [1.82, 2.24) is 0 Å². The Morgan fingerprint density at radius 3 is 2.50 bits per heavy atom. The summed E-state index contributed by atoms with van der Waals surface area (Å²) in [7, 11) is 0. The summed E-state index contributed by atoms with van der Waals surface area (Å²) in [6, 6.07) is 0. The maximum Gasteiger partial charge on any atom is 0.161 e. The Morgan fingerprint density at radius 1 is 1.39 bits per heavy atom. The predicted octanol–water partition coefficient (Wildman–Crippen LogP) is 2.38. The number of allylic oxidation sites excluding steroid dienone is 2. The van der Waals surface area contributed by atoms with Gasteiger partial charge >= 0.3 is 0 Å². The van der Waals surface area contributed by atoms with Crippen molar-refractivity contribution in [3.8, 4) is 0 Å². The van der Waals surface area contributed by atoms with E-state index in [1.807, 2.05) is 6.92 Å². The van der Waals surface area contributed by atoms with Crippen molar-refractivity contribution in [2.75, 3.05) is 0 Å². The van der Waals surface area contributed by atoms with Gasteiger partial charge in [0.15, 0.2) is 5.78 Å². The topological polar surface area (TPSA) is 57.5 Å². The fraction of sp³-hybridized carbons (Fsp3) is 0.667. The minimum atomic E-state index is -1.05. The minimum absolute atomic E-state index is 0.0143. The second-order valence-corrected chi connectivity index (χ2v) is 6.10. The highest BCUT2D eigenvalue weighted by Gasteiger charge is 2.36. The maximum atomic E-state index is 11.9. The Balaban J connectivity index is 2.70. The van der Waals surface area contributed by atoms with Gasteiger partial charge in [-0.25, -0.2) is 0 Å². The molecule has 102 valence electrons. The first-order chi connectivity index (χ1) is 8.12. The van der Waals surface area contributed by atoms with Gasteiger partial charge in [0.25, 0.3) is 0 Å². The van der Waals surface area contributed by atoms with E-state index in [4.69, 9.17) is 0 Å². The molecule has 0 aromatic heterocycles. The Labute approximate surface area is 109 Å². The number of aliphatic hydroxyl groups is 2. The summed E-state index contributed by atoms with van der Waals surface area (Å²) in [6.45, 7) is 6.99. The van der Waals surface area contributed by atoms with Crippen LogP contribution in [0.25, 0.3) is 0 Å². The monoisotopic (exact) mass is 252 g/mol. The molecule has 3 heteroatoms. The van der Waals surface area contributed by atoms with Crippen LogP contribution in [0.5, 0.6) is 0 Å². The molecule has 0 fully saturated rings. The van der Waals surface area contributed by atoms with E-state index in [9.17, 15) is 15.0 Å². The lowest BCUT2D eigenvalue weighted by Gasteiger charge is -2.33. The van der Waals surface area contributed by atoms with Crippen molar-refractivity contribution in [2.24, 2.45) is 5.92 Å². The lowest BCUT2D eigenvalue weighted by atomic mass is 9.76. The van der Waals surface area contributed by atoms with E-state index in [2.05, 4.69) is 0 Å². The summed E-state index contributed by atoms with van der Waals surface area (Å²) < 4.78 is 0. The van der Waals surface area contributed by atoms with Gasteiger partial charge in [-0.3, -0.25) is 4.79 Å². The molecule has 0 saturated heterocycles. The van der Waals surface area contributed by atoms with Gasteiger partial charge in [0.1, 0.15) is 0 Å². The van der Waals surface area contributed by atoms with E-state index in [-0.39, 0.29) is 11.7 Å². The van der Waals surface area contributed by atoms with Gasteiger partial charge in [0, 0.05) is 0 Å². The third kappa shape index (κ3) is 4.39. The van der Waals surface area contributed by atoms with Crippen molar-refractivity contribution >= 4 is 5.78 Å². The van der Waals surface area contributed by atoms with E-state index < -0.39 is 11.2 Å². The molecule has 0 saturated carbocycles. The van der Waals surface area contributed by atoms with Crippen LogP contribution < -0.4 is 0 Å². The summed E-state index contributed by atoms with van der Waals surface area (Å²) in [5.41, 5.74) is -0.849. The molecular formula is C15H24O3. The first kappa shape index (κ1) is 15.1. The second kappa shape index (κ2) is 5.37. The molecule has 0 aliphatic heterocycles. The zero-order chi connectivity index (χ0) is 14.0. The SMILES string of the molecule is CC1=CC(=O)[C@H]([C@@](C)(O)C/C=C/C(C)(C)O)CC1. The van der Waals surface area contributed by atoms with Crippen LogP contribution in [0.2, 0.25) is 0 Å². The van der Waals surface area contributed by atoms with E-state index in [0.717, 1.165) is 12.0 Å². The first-order valence-electron chi connectivity index (χ1n) is 6.45. The number of carbonyl (C=O) groups excluding carboxylic acids is 1. The molecule has 0 spiro atoms. The van der Waals surface area contributed by atoms with Gasteiger partial charge in [-0.2, -0.15) is 0 Å². The number of hydrogen-bond acceptors (Lipinski definition) is 3. The fourth-order valence-corrected chi connectivity index (χ4v) is 2.28. The van der Waals surface area contributed by atoms with E-state index in [1.54, 1.807) is 39.0 Å². The molecular weight excluding hydrogens is 228 g/mol. The molecule has 18 heavy (non-hydrogen) atoms. The average molecular weight is 252 g/mol. The smallest absolute Gasteiger partial charge is 0.161 e. The van der Waals surface area contributed by atoms with Gasteiger partial charge in [0.05, 0.1) is 17.1 Å². The lowest BCUT2D eigenvalue weighted by molar-refractivity contribution is -0.127. The Kier molecular flexibility index (Phi) is 4.51. The molecule has 0 heterocycles. The van der Waals surface area contributed by atoms with Crippen LogP contribution in [-0.4, -0.2) is 27.2 Å². The van der Waals surface area contributed by atoms with E-state index in [0.29, 0.717) is 12.8 Å². The highest BCUT2D eigenvalue weighted by Crippen LogP contribution is 2.32. The highest BCUT2D eigenvalue weighted by molar-refractivity contribution is 5.94. The van der Waals surface area contributed by atoms with Gasteiger partial charge in [0.2, 0.25) is 0 Å². The molecule has 0 aromatic rings. The molecule has 2 N–H and O–H groups in total. The second-order valence-electron chi connectivity index (χ2n) is 6.10. The van der Waals surface area contributed by atoms with Crippen molar-refractivity contribution in [3.05, 3.63) is 23.8 Å². The van der Waals surface area contributed by atoms with Gasteiger partial charge in [-0.15, -0.1) is 0 Å². The van der Waals surface area contributed by atoms with E-state index in [1.165, 1.54) is 0 Å². The van der Waals surface area contributed by atoms with Gasteiger partial charge in [-0.1, -0.05) is 17.7 Å². The van der Waals surface area contributed by atoms with Gasteiger partial charge in [-0.05, 0) is 53.0 Å². The Hall–Kier alpha value is -0.930. The predicted molar refractivity (Wildman–Crippen MR) is 72.2 cm³/mol. The summed E-state index contributed by atoms with van der Waals surface area (Å²) in [5, 5.41) is 20.0. The molecule has 1 aliphatic rings. The quantitative estimate of drug-likeness (QED) is 0.755. The third-order valence-corrected chi connectivity index (χ3v) is 3.37. The molecule has 1 aliphatic carbocycles. The van der Waals surface area contributed by atoms with Crippen LogP contribution in [-0.2, 0) is 4.79 Å². The molecule has 2 atom stereocenters. The molecule has 0 radical (unpaired) electrons. The zero-order valence-corrected chi connectivity index (χ0v) is 11.7. The van der Waals surface area contributed by atoms with Crippen molar-refractivity contribution < 1.29 is 15.0 Å². The van der Waals surface area contributed by atoms with Crippen molar-refractivity contribution in [2.45, 2.75) is 58.2 Å². The lowest BCUT2D eigenvalue weighted by Crippen LogP contribution is -2.40. The molecule has 1 rings (SSSR count). The number of carbonyl (C=O) groups is 1. The van der Waals surface area contributed by atoms with E-state index >= 15 is 0 Å².